The smallest absolute Gasteiger partial charge is 0.318 e. The van der Waals surface area contributed by atoms with E-state index in [1.54, 1.807) is 21.9 Å². The first-order chi connectivity index (χ1) is 10.8. The molecule has 0 unspecified atom stereocenters. The molecular formula is C17H24FN3O2. The first-order valence-corrected chi connectivity index (χ1v) is 7.94. The summed E-state index contributed by atoms with van der Waals surface area (Å²) in [5.74, 6) is -0.405. The van der Waals surface area contributed by atoms with Gasteiger partial charge in [0.1, 0.15) is 5.82 Å². The molecule has 1 aromatic carbocycles. The van der Waals surface area contributed by atoms with Crippen LogP contribution in [0.4, 0.5) is 14.9 Å². The fourth-order valence-electron chi connectivity index (χ4n) is 2.99. The minimum Gasteiger partial charge on any atom is -0.333 e. The van der Waals surface area contributed by atoms with Crippen molar-refractivity contribution in [2.45, 2.75) is 52.2 Å². The van der Waals surface area contributed by atoms with Gasteiger partial charge < -0.3 is 15.1 Å². The summed E-state index contributed by atoms with van der Waals surface area (Å²) in [4.78, 5) is 27.9. The van der Waals surface area contributed by atoms with E-state index in [9.17, 15) is 14.0 Å². The van der Waals surface area contributed by atoms with E-state index in [0.29, 0.717) is 12.2 Å². The van der Waals surface area contributed by atoms with Crippen molar-refractivity contribution >= 4 is 17.6 Å². The van der Waals surface area contributed by atoms with Crippen molar-refractivity contribution < 1.29 is 14.0 Å². The highest BCUT2D eigenvalue weighted by Gasteiger charge is 2.33. The lowest BCUT2D eigenvalue weighted by molar-refractivity contribution is -0.117. The number of nitrogens with zero attached hydrogens (tertiary/aromatic N) is 2. The Morgan fingerprint density at radius 1 is 1.22 bits per heavy atom. The molecule has 0 radical (unpaired) electrons. The Kier molecular flexibility index (Phi) is 5.23. The zero-order valence-electron chi connectivity index (χ0n) is 14.0. The number of halogens is 1. The maximum Gasteiger partial charge on any atom is 0.318 e. The van der Waals surface area contributed by atoms with E-state index >= 15 is 0 Å². The van der Waals surface area contributed by atoms with Crippen molar-refractivity contribution in [3.05, 3.63) is 30.1 Å². The fourth-order valence-corrected chi connectivity index (χ4v) is 2.99. The van der Waals surface area contributed by atoms with E-state index in [1.165, 1.54) is 12.1 Å². The third kappa shape index (κ3) is 4.00. The molecule has 0 bridgehead atoms. The summed E-state index contributed by atoms with van der Waals surface area (Å²) in [6.45, 7) is 8.25. The Hall–Kier alpha value is -2.11. The molecule has 23 heavy (non-hydrogen) atoms. The second-order valence-corrected chi connectivity index (χ2v) is 6.43. The van der Waals surface area contributed by atoms with Crippen molar-refractivity contribution in [1.29, 1.82) is 0 Å². The molecule has 1 aliphatic rings. The van der Waals surface area contributed by atoms with Crippen LogP contribution in [0, 0.1) is 5.82 Å². The molecule has 0 saturated carbocycles. The molecule has 1 aliphatic heterocycles. The molecule has 0 spiro atoms. The average Bonchev–Trinajstić information content (AvgIpc) is 2.79. The minimum absolute atomic E-state index is 0.0671. The highest BCUT2D eigenvalue weighted by molar-refractivity contribution is 5.96. The standard InChI is InChI=1S/C17H24FN3O2/c1-11(2)21(12(3)4)17(23)19-14-9-16(22)20(10-14)15-7-5-13(18)6-8-15/h5-8,11-12,14H,9-10H2,1-4H3,(H,19,23)/t14-/m1/s1. The minimum atomic E-state index is -0.338. The van der Waals surface area contributed by atoms with Crippen LogP contribution in [0.3, 0.4) is 0 Å². The van der Waals surface area contributed by atoms with Crippen molar-refractivity contribution in [3.8, 4) is 0 Å². The molecule has 2 rings (SSSR count). The normalized spacial score (nSPS) is 18.0. The van der Waals surface area contributed by atoms with Gasteiger partial charge in [0.15, 0.2) is 0 Å². The van der Waals surface area contributed by atoms with Gasteiger partial charge in [-0.3, -0.25) is 4.79 Å². The van der Waals surface area contributed by atoms with Gasteiger partial charge in [-0.2, -0.15) is 0 Å². The molecule has 0 aliphatic carbocycles. The zero-order chi connectivity index (χ0) is 17.1. The summed E-state index contributed by atoms with van der Waals surface area (Å²) in [6, 6.07) is 5.58. The van der Waals surface area contributed by atoms with Gasteiger partial charge in [0.2, 0.25) is 5.91 Å². The third-order valence-electron chi connectivity index (χ3n) is 3.94. The van der Waals surface area contributed by atoms with Crippen molar-refractivity contribution in [2.75, 3.05) is 11.4 Å². The van der Waals surface area contributed by atoms with Crippen LogP contribution in [-0.2, 0) is 4.79 Å². The molecule has 126 valence electrons. The summed E-state index contributed by atoms with van der Waals surface area (Å²) >= 11 is 0. The van der Waals surface area contributed by atoms with Crippen molar-refractivity contribution in [2.24, 2.45) is 0 Å². The van der Waals surface area contributed by atoms with E-state index in [4.69, 9.17) is 0 Å². The van der Waals surface area contributed by atoms with Gasteiger partial charge in [-0.05, 0) is 52.0 Å². The number of carbonyl (C=O) groups excluding carboxylic acids is 2. The second-order valence-electron chi connectivity index (χ2n) is 6.43. The summed E-state index contributed by atoms with van der Waals surface area (Å²) in [7, 11) is 0. The fraction of sp³-hybridized carbons (Fsp3) is 0.529. The quantitative estimate of drug-likeness (QED) is 0.927. The summed E-state index contributed by atoms with van der Waals surface area (Å²) < 4.78 is 13.0. The predicted molar refractivity (Wildman–Crippen MR) is 87.8 cm³/mol. The topological polar surface area (TPSA) is 52.7 Å². The van der Waals surface area contributed by atoms with E-state index in [-0.39, 0.29) is 42.3 Å². The highest BCUT2D eigenvalue weighted by atomic mass is 19.1. The molecule has 1 fully saturated rings. The number of amides is 3. The Morgan fingerprint density at radius 2 is 1.78 bits per heavy atom. The molecule has 1 heterocycles. The molecule has 0 aromatic heterocycles. The molecule has 5 nitrogen and oxygen atoms in total. The lowest BCUT2D eigenvalue weighted by Gasteiger charge is -2.32. The van der Waals surface area contributed by atoms with E-state index in [2.05, 4.69) is 5.32 Å². The van der Waals surface area contributed by atoms with Crippen LogP contribution < -0.4 is 10.2 Å². The van der Waals surface area contributed by atoms with Crippen molar-refractivity contribution in [1.82, 2.24) is 10.2 Å². The number of hydrogen-bond acceptors (Lipinski definition) is 2. The Morgan fingerprint density at radius 3 is 2.30 bits per heavy atom. The predicted octanol–water partition coefficient (Wildman–Crippen LogP) is 2.76. The summed E-state index contributed by atoms with van der Waals surface area (Å²) in [6.07, 6.45) is 0.257. The number of nitrogens with one attached hydrogen (secondary N) is 1. The van der Waals surface area contributed by atoms with Crippen LogP contribution >= 0.6 is 0 Å². The summed E-state index contributed by atoms with van der Waals surface area (Å²) in [5.41, 5.74) is 0.651. The van der Waals surface area contributed by atoms with Crippen molar-refractivity contribution in [3.63, 3.8) is 0 Å². The van der Waals surface area contributed by atoms with Crippen LogP contribution in [-0.4, -0.2) is 41.5 Å². The van der Waals surface area contributed by atoms with Crippen LogP contribution in [0.5, 0.6) is 0 Å². The Bertz CT molecular complexity index is 564. The van der Waals surface area contributed by atoms with Gasteiger partial charge in [0.25, 0.3) is 0 Å². The average molecular weight is 321 g/mol. The monoisotopic (exact) mass is 321 g/mol. The summed E-state index contributed by atoms with van der Waals surface area (Å²) in [5, 5.41) is 2.93. The first-order valence-electron chi connectivity index (χ1n) is 7.94. The van der Waals surface area contributed by atoms with Gasteiger partial charge in [-0.1, -0.05) is 0 Å². The number of hydrogen-bond donors (Lipinski definition) is 1. The van der Waals surface area contributed by atoms with E-state index in [0.717, 1.165) is 0 Å². The van der Waals surface area contributed by atoms with Crippen LogP contribution in [0.25, 0.3) is 0 Å². The SMILES string of the molecule is CC(C)N(C(=O)N[C@@H]1CC(=O)N(c2ccc(F)cc2)C1)C(C)C. The second kappa shape index (κ2) is 6.98. The van der Waals surface area contributed by atoms with Gasteiger partial charge in [0.05, 0.1) is 6.04 Å². The molecule has 1 saturated heterocycles. The number of rotatable bonds is 4. The number of benzene rings is 1. The van der Waals surface area contributed by atoms with E-state index in [1.807, 2.05) is 27.7 Å². The van der Waals surface area contributed by atoms with Gasteiger partial charge >= 0.3 is 6.03 Å². The molecule has 3 amide bonds. The highest BCUT2D eigenvalue weighted by Crippen LogP contribution is 2.22. The van der Waals surface area contributed by atoms with Crippen LogP contribution in [0.2, 0.25) is 0 Å². The van der Waals surface area contributed by atoms with Gasteiger partial charge in [-0.15, -0.1) is 0 Å². The molecule has 6 heteroatoms. The van der Waals surface area contributed by atoms with Gasteiger partial charge in [-0.25, -0.2) is 9.18 Å². The third-order valence-corrected chi connectivity index (χ3v) is 3.94. The lowest BCUT2D eigenvalue weighted by Crippen LogP contribution is -2.51. The molecule has 1 N–H and O–H groups in total. The molecule has 1 aromatic rings. The first kappa shape index (κ1) is 17.2. The maximum atomic E-state index is 13.0. The number of urea groups is 1. The molecular weight excluding hydrogens is 297 g/mol. The Balaban J connectivity index is 2.02. The maximum absolute atomic E-state index is 13.0. The zero-order valence-corrected chi connectivity index (χ0v) is 14.0. The lowest BCUT2D eigenvalue weighted by atomic mass is 10.2. The van der Waals surface area contributed by atoms with Gasteiger partial charge in [0, 0.05) is 30.7 Å². The number of carbonyl (C=O) groups is 2. The number of anilines is 1. The Labute approximate surface area is 136 Å². The van der Waals surface area contributed by atoms with E-state index < -0.39 is 0 Å². The van der Waals surface area contributed by atoms with Crippen LogP contribution in [0.15, 0.2) is 24.3 Å². The largest absolute Gasteiger partial charge is 0.333 e. The van der Waals surface area contributed by atoms with Crippen LogP contribution in [0.1, 0.15) is 34.1 Å². The molecule has 1 atom stereocenters.